The van der Waals surface area contributed by atoms with Crippen molar-refractivity contribution in [2.75, 3.05) is 39.4 Å². The molecule has 3 rings (SSSR count). The Morgan fingerprint density at radius 1 is 1.04 bits per heavy atom. The van der Waals surface area contributed by atoms with Crippen LogP contribution in [0.4, 0.5) is 4.79 Å². The monoisotopic (exact) mass is 332 g/mol. The third kappa shape index (κ3) is 3.80. The van der Waals surface area contributed by atoms with Crippen LogP contribution in [0.15, 0.2) is 18.2 Å². The molecule has 0 radical (unpaired) electrons. The van der Waals surface area contributed by atoms with E-state index in [4.69, 9.17) is 9.47 Å². The predicted octanol–water partition coefficient (Wildman–Crippen LogP) is 1.85. The molecular formula is C18H24N2O4. The van der Waals surface area contributed by atoms with Gasteiger partial charge in [0.15, 0.2) is 6.61 Å². The second-order valence-corrected chi connectivity index (χ2v) is 6.14. The molecule has 2 amide bonds. The topological polar surface area (TPSA) is 59.1 Å². The molecule has 6 heteroatoms. The van der Waals surface area contributed by atoms with Gasteiger partial charge in [0.2, 0.25) is 0 Å². The van der Waals surface area contributed by atoms with E-state index in [1.165, 1.54) is 17.5 Å². The minimum atomic E-state index is -0.306. The summed E-state index contributed by atoms with van der Waals surface area (Å²) < 4.78 is 10.6. The van der Waals surface area contributed by atoms with E-state index in [2.05, 4.69) is 6.07 Å². The largest absolute Gasteiger partial charge is 0.484 e. The van der Waals surface area contributed by atoms with Gasteiger partial charge in [-0.15, -0.1) is 0 Å². The van der Waals surface area contributed by atoms with E-state index >= 15 is 0 Å². The van der Waals surface area contributed by atoms with E-state index in [0.717, 1.165) is 18.6 Å². The molecule has 1 aromatic rings. The highest BCUT2D eigenvalue weighted by Crippen LogP contribution is 2.26. The lowest BCUT2D eigenvalue weighted by molar-refractivity contribution is -0.134. The van der Waals surface area contributed by atoms with Crippen molar-refractivity contribution >= 4 is 12.0 Å². The third-order valence-electron chi connectivity index (χ3n) is 4.59. The molecule has 0 atom stereocenters. The number of carbonyl (C=O) groups is 2. The number of hydrogen-bond donors (Lipinski definition) is 0. The predicted molar refractivity (Wildman–Crippen MR) is 89.1 cm³/mol. The average molecular weight is 332 g/mol. The van der Waals surface area contributed by atoms with E-state index in [0.29, 0.717) is 32.8 Å². The second kappa shape index (κ2) is 7.55. The van der Waals surface area contributed by atoms with Crippen LogP contribution in [0.5, 0.6) is 5.75 Å². The molecule has 24 heavy (non-hydrogen) atoms. The van der Waals surface area contributed by atoms with Crippen molar-refractivity contribution in [2.24, 2.45) is 0 Å². The summed E-state index contributed by atoms with van der Waals surface area (Å²) in [5.74, 6) is 0.716. The zero-order valence-electron chi connectivity index (χ0n) is 14.1. The summed E-state index contributed by atoms with van der Waals surface area (Å²) in [4.78, 5) is 27.3. The number of nitrogens with zero attached hydrogens (tertiary/aromatic N) is 2. The van der Waals surface area contributed by atoms with Gasteiger partial charge in [0.25, 0.3) is 5.91 Å². The van der Waals surface area contributed by atoms with Gasteiger partial charge >= 0.3 is 6.09 Å². The van der Waals surface area contributed by atoms with Crippen molar-refractivity contribution in [3.8, 4) is 5.75 Å². The minimum Gasteiger partial charge on any atom is -0.484 e. The molecular weight excluding hydrogens is 308 g/mol. The first kappa shape index (κ1) is 16.6. The van der Waals surface area contributed by atoms with Crippen LogP contribution >= 0.6 is 0 Å². The number of benzene rings is 1. The van der Waals surface area contributed by atoms with Crippen molar-refractivity contribution < 1.29 is 19.1 Å². The average Bonchev–Trinajstić information content (AvgIpc) is 3.07. The highest BCUT2D eigenvalue weighted by Gasteiger charge is 2.25. The van der Waals surface area contributed by atoms with E-state index < -0.39 is 0 Å². The maximum atomic E-state index is 12.3. The summed E-state index contributed by atoms with van der Waals surface area (Å²) in [6.07, 6.45) is 3.12. The number of aryl methyl sites for hydroxylation is 2. The lowest BCUT2D eigenvalue weighted by Gasteiger charge is -2.33. The Hall–Kier alpha value is -2.24. The van der Waals surface area contributed by atoms with Crippen molar-refractivity contribution in [3.05, 3.63) is 29.3 Å². The first-order valence-electron chi connectivity index (χ1n) is 8.61. The first-order valence-corrected chi connectivity index (χ1v) is 8.61. The molecule has 6 nitrogen and oxygen atoms in total. The normalized spacial score (nSPS) is 16.7. The first-order chi connectivity index (χ1) is 11.7. The molecule has 1 aliphatic heterocycles. The lowest BCUT2D eigenvalue weighted by atomic mass is 10.1. The Kier molecular flexibility index (Phi) is 5.23. The second-order valence-electron chi connectivity index (χ2n) is 6.14. The standard InChI is InChI=1S/C18H24N2O4/c1-2-23-18(22)20-10-8-19(9-11-20)17(21)13-24-16-7-6-14-4-3-5-15(14)12-16/h6-7,12H,2-5,8-11,13H2,1H3. The molecule has 1 fully saturated rings. The smallest absolute Gasteiger partial charge is 0.409 e. The van der Waals surface area contributed by atoms with Crippen molar-refractivity contribution in [1.29, 1.82) is 0 Å². The zero-order chi connectivity index (χ0) is 16.9. The summed E-state index contributed by atoms with van der Waals surface area (Å²) in [5.41, 5.74) is 2.73. The van der Waals surface area contributed by atoms with Gasteiger partial charge in [-0.2, -0.15) is 0 Å². The lowest BCUT2D eigenvalue weighted by Crippen LogP contribution is -2.51. The van der Waals surface area contributed by atoms with Crippen molar-refractivity contribution in [1.82, 2.24) is 9.80 Å². The SMILES string of the molecule is CCOC(=O)N1CCN(C(=O)COc2ccc3c(c2)CCC3)CC1. The summed E-state index contributed by atoms with van der Waals surface area (Å²) in [7, 11) is 0. The number of rotatable bonds is 4. The molecule has 2 aliphatic rings. The highest BCUT2D eigenvalue weighted by atomic mass is 16.6. The number of hydrogen-bond acceptors (Lipinski definition) is 4. The summed E-state index contributed by atoms with van der Waals surface area (Å²) in [6.45, 7) is 4.24. The molecule has 0 spiro atoms. The van der Waals surface area contributed by atoms with Crippen LogP contribution in [-0.2, 0) is 22.4 Å². The number of carbonyl (C=O) groups excluding carboxylic acids is 2. The van der Waals surface area contributed by atoms with Gasteiger partial charge in [-0.1, -0.05) is 6.07 Å². The van der Waals surface area contributed by atoms with Crippen LogP contribution in [0.1, 0.15) is 24.5 Å². The van der Waals surface area contributed by atoms with Gasteiger partial charge in [-0.25, -0.2) is 4.79 Å². The molecule has 0 bridgehead atoms. The molecule has 0 unspecified atom stereocenters. The Morgan fingerprint density at radius 3 is 2.50 bits per heavy atom. The highest BCUT2D eigenvalue weighted by molar-refractivity contribution is 5.78. The fraction of sp³-hybridized carbons (Fsp3) is 0.556. The van der Waals surface area contributed by atoms with Crippen LogP contribution in [-0.4, -0.2) is 61.2 Å². The van der Waals surface area contributed by atoms with Gasteiger partial charge in [0.1, 0.15) is 5.75 Å². The van der Waals surface area contributed by atoms with Crippen LogP contribution < -0.4 is 4.74 Å². The quantitative estimate of drug-likeness (QED) is 0.844. The number of piperazine rings is 1. The molecule has 1 heterocycles. The van der Waals surface area contributed by atoms with Gasteiger partial charge in [0, 0.05) is 26.2 Å². The Labute approximate surface area is 142 Å². The molecule has 0 saturated carbocycles. The Balaban J connectivity index is 1.45. The van der Waals surface area contributed by atoms with E-state index in [-0.39, 0.29) is 18.6 Å². The molecule has 1 aromatic carbocycles. The summed E-state index contributed by atoms with van der Waals surface area (Å²) in [5, 5.41) is 0. The van der Waals surface area contributed by atoms with Crippen LogP contribution in [0.3, 0.4) is 0 Å². The van der Waals surface area contributed by atoms with Gasteiger partial charge in [0.05, 0.1) is 6.61 Å². The number of fused-ring (bicyclic) bond motifs is 1. The fourth-order valence-electron chi connectivity index (χ4n) is 3.23. The van der Waals surface area contributed by atoms with E-state index in [1.807, 2.05) is 12.1 Å². The Morgan fingerprint density at radius 2 is 1.75 bits per heavy atom. The van der Waals surface area contributed by atoms with Crippen LogP contribution in [0.2, 0.25) is 0 Å². The molecule has 0 N–H and O–H groups in total. The molecule has 1 aliphatic carbocycles. The third-order valence-corrected chi connectivity index (χ3v) is 4.59. The van der Waals surface area contributed by atoms with Crippen LogP contribution in [0, 0.1) is 0 Å². The molecule has 0 aromatic heterocycles. The van der Waals surface area contributed by atoms with Crippen molar-refractivity contribution in [2.45, 2.75) is 26.2 Å². The van der Waals surface area contributed by atoms with Gasteiger partial charge in [-0.05, 0) is 49.4 Å². The van der Waals surface area contributed by atoms with Gasteiger partial charge < -0.3 is 19.3 Å². The summed E-state index contributed by atoms with van der Waals surface area (Å²) in [6, 6.07) is 6.09. The maximum absolute atomic E-state index is 12.3. The minimum absolute atomic E-state index is 0.0399. The Bertz CT molecular complexity index is 609. The van der Waals surface area contributed by atoms with Gasteiger partial charge in [-0.3, -0.25) is 4.79 Å². The van der Waals surface area contributed by atoms with E-state index in [1.54, 1.807) is 16.7 Å². The molecule has 130 valence electrons. The van der Waals surface area contributed by atoms with E-state index in [9.17, 15) is 9.59 Å². The zero-order valence-corrected chi connectivity index (χ0v) is 14.1. The maximum Gasteiger partial charge on any atom is 0.409 e. The number of amides is 2. The van der Waals surface area contributed by atoms with Crippen LogP contribution in [0.25, 0.3) is 0 Å². The summed E-state index contributed by atoms with van der Waals surface area (Å²) >= 11 is 0. The fourth-order valence-corrected chi connectivity index (χ4v) is 3.23. The molecule has 1 saturated heterocycles. The van der Waals surface area contributed by atoms with Crippen molar-refractivity contribution in [3.63, 3.8) is 0 Å². The number of ether oxygens (including phenoxy) is 2.